The van der Waals surface area contributed by atoms with E-state index in [0.29, 0.717) is 36.6 Å². The molecule has 0 saturated carbocycles. The fraction of sp³-hybridized carbons (Fsp3) is 0.320. The van der Waals surface area contributed by atoms with Crippen molar-refractivity contribution in [2.75, 3.05) is 30.5 Å². The van der Waals surface area contributed by atoms with Gasteiger partial charge in [0, 0.05) is 30.5 Å². The number of hydrogen-bond donors (Lipinski definition) is 2. The molecule has 3 heterocycles. The SMILES string of the molecule is Cc1cc(C)cc(NC(=O)[C@@H]2CCCN(C(=O)c3nnc(C(=O)Nc4ccc5c(c4)OCO5)s3)C2)c1. The molecular weight excluding hydrogens is 482 g/mol. The third kappa shape index (κ3) is 5.15. The molecule has 0 bridgehead atoms. The van der Waals surface area contributed by atoms with E-state index in [1.54, 1.807) is 23.1 Å². The minimum Gasteiger partial charge on any atom is -0.454 e. The molecule has 3 aromatic rings. The molecule has 10 nitrogen and oxygen atoms in total. The van der Waals surface area contributed by atoms with Gasteiger partial charge in [-0.1, -0.05) is 17.4 Å². The van der Waals surface area contributed by atoms with Gasteiger partial charge in [0.2, 0.25) is 22.7 Å². The lowest BCUT2D eigenvalue weighted by atomic mass is 9.97. The second-order valence-corrected chi connectivity index (χ2v) is 9.87. The second-order valence-electron chi connectivity index (χ2n) is 8.89. The molecule has 2 aliphatic heterocycles. The number of piperidine rings is 1. The lowest BCUT2D eigenvalue weighted by Crippen LogP contribution is -2.43. The number of hydrogen-bond acceptors (Lipinski definition) is 8. The fourth-order valence-electron chi connectivity index (χ4n) is 4.36. The number of benzene rings is 2. The molecule has 1 saturated heterocycles. The highest BCUT2D eigenvalue weighted by atomic mass is 32.1. The van der Waals surface area contributed by atoms with E-state index in [-0.39, 0.29) is 41.1 Å². The molecule has 186 valence electrons. The Morgan fingerprint density at radius 2 is 1.69 bits per heavy atom. The molecule has 1 fully saturated rings. The van der Waals surface area contributed by atoms with Crippen molar-refractivity contribution >= 4 is 40.4 Å². The van der Waals surface area contributed by atoms with Crippen LogP contribution in [0, 0.1) is 19.8 Å². The Labute approximate surface area is 211 Å². The van der Waals surface area contributed by atoms with Crippen LogP contribution in [0.3, 0.4) is 0 Å². The summed E-state index contributed by atoms with van der Waals surface area (Å²) in [4.78, 5) is 40.2. The van der Waals surface area contributed by atoms with Crippen LogP contribution in [-0.4, -0.2) is 52.7 Å². The van der Waals surface area contributed by atoms with Gasteiger partial charge in [0.1, 0.15) is 0 Å². The van der Waals surface area contributed by atoms with Gasteiger partial charge >= 0.3 is 0 Å². The largest absolute Gasteiger partial charge is 0.454 e. The number of amides is 3. The summed E-state index contributed by atoms with van der Waals surface area (Å²) in [5.74, 6) is -0.0986. The van der Waals surface area contributed by atoms with Gasteiger partial charge in [-0.2, -0.15) is 0 Å². The Morgan fingerprint density at radius 1 is 0.944 bits per heavy atom. The summed E-state index contributed by atoms with van der Waals surface area (Å²) in [7, 11) is 0. The van der Waals surface area contributed by atoms with Crippen LogP contribution in [0.15, 0.2) is 36.4 Å². The van der Waals surface area contributed by atoms with E-state index in [2.05, 4.69) is 20.8 Å². The smallest absolute Gasteiger partial charge is 0.286 e. The van der Waals surface area contributed by atoms with Crippen molar-refractivity contribution in [3.8, 4) is 11.5 Å². The third-order valence-electron chi connectivity index (χ3n) is 6.00. The minimum absolute atomic E-state index is 0.0668. The lowest BCUT2D eigenvalue weighted by Gasteiger charge is -2.31. The summed E-state index contributed by atoms with van der Waals surface area (Å²) in [6, 6.07) is 10.9. The number of fused-ring (bicyclic) bond motifs is 1. The lowest BCUT2D eigenvalue weighted by molar-refractivity contribution is -0.121. The molecule has 5 rings (SSSR count). The molecule has 2 N–H and O–H groups in total. The number of aromatic nitrogens is 2. The molecule has 0 spiro atoms. The van der Waals surface area contributed by atoms with Crippen LogP contribution >= 0.6 is 11.3 Å². The first-order chi connectivity index (χ1) is 17.4. The molecule has 0 unspecified atom stereocenters. The molecule has 1 atom stereocenters. The van der Waals surface area contributed by atoms with Crippen molar-refractivity contribution in [2.24, 2.45) is 5.92 Å². The normalized spacial score (nSPS) is 16.5. The highest BCUT2D eigenvalue weighted by Gasteiger charge is 2.31. The first kappa shape index (κ1) is 23.7. The maximum atomic E-state index is 13.1. The fourth-order valence-corrected chi connectivity index (χ4v) is 5.07. The van der Waals surface area contributed by atoms with Crippen LogP contribution in [-0.2, 0) is 4.79 Å². The highest BCUT2D eigenvalue weighted by molar-refractivity contribution is 7.15. The molecule has 36 heavy (non-hydrogen) atoms. The van der Waals surface area contributed by atoms with E-state index in [9.17, 15) is 14.4 Å². The first-order valence-electron chi connectivity index (χ1n) is 11.6. The number of carbonyl (C=O) groups excluding carboxylic acids is 3. The van der Waals surface area contributed by atoms with Crippen molar-refractivity contribution in [1.82, 2.24) is 15.1 Å². The average Bonchev–Trinajstić information content (AvgIpc) is 3.53. The molecule has 11 heteroatoms. The van der Waals surface area contributed by atoms with Crippen molar-refractivity contribution in [1.29, 1.82) is 0 Å². The summed E-state index contributed by atoms with van der Waals surface area (Å²) in [5.41, 5.74) is 3.41. The molecule has 2 aliphatic rings. The van der Waals surface area contributed by atoms with Gasteiger partial charge in [-0.3, -0.25) is 14.4 Å². The highest BCUT2D eigenvalue weighted by Crippen LogP contribution is 2.34. The molecule has 2 aromatic carbocycles. The summed E-state index contributed by atoms with van der Waals surface area (Å²) in [6.45, 7) is 4.90. The zero-order valence-electron chi connectivity index (χ0n) is 19.9. The van der Waals surface area contributed by atoms with Gasteiger partial charge in [-0.15, -0.1) is 10.2 Å². The zero-order chi connectivity index (χ0) is 25.2. The van der Waals surface area contributed by atoms with E-state index in [0.717, 1.165) is 28.2 Å². The topological polar surface area (TPSA) is 123 Å². The Balaban J connectivity index is 1.21. The molecule has 3 amide bonds. The van der Waals surface area contributed by atoms with Crippen molar-refractivity contribution in [2.45, 2.75) is 26.7 Å². The van der Waals surface area contributed by atoms with Crippen molar-refractivity contribution < 1.29 is 23.9 Å². The van der Waals surface area contributed by atoms with Crippen LogP contribution < -0.4 is 20.1 Å². The van der Waals surface area contributed by atoms with Crippen molar-refractivity contribution in [3.05, 3.63) is 57.5 Å². The Hall–Kier alpha value is -3.99. The van der Waals surface area contributed by atoms with Gasteiger partial charge in [0.15, 0.2) is 11.5 Å². The van der Waals surface area contributed by atoms with E-state index in [4.69, 9.17) is 9.47 Å². The van der Waals surface area contributed by atoms with E-state index < -0.39 is 5.91 Å². The molecule has 1 aromatic heterocycles. The number of nitrogens with zero attached hydrogens (tertiary/aromatic N) is 3. The van der Waals surface area contributed by atoms with Crippen LogP contribution in [0.5, 0.6) is 11.5 Å². The Bertz CT molecular complexity index is 1320. The number of ether oxygens (including phenoxy) is 2. The quantitative estimate of drug-likeness (QED) is 0.541. The summed E-state index contributed by atoms with van der Waals surface area (Å²) >= 11 is 0.921. The molecule has 0 radical (unpaired) electrons. The number of rotatable bonds is 5. The standard InChI is InChI=1S/C25H25N5O5S/c1-14-8-15(2)10-18(9-14)27-21(31)16-4-3-7-30(12-16)25(33)24-29-28-23(36-24)22(32)26-17-5-6-19-20(11-17)35-13-34-19/h5-6,8-11,16H,3-4,7,12-13H2,1-2H3,(H,26,32)(H,27,31)/t16-/m1/s1. The summed E-state index contributed by atoms with van der Waals surface area (Å²) in [6.07, 6.45) is 1.40. The summed E-state index contributed by atoms with van der Waals surface area (Å²) < 4.78 is 10.6. The van der Waals surface area contributed by atoms with E-state index in [1.807, 2.05) is 32.0 Å². The summed E-state index contributed by atoms with van der Waals surface area (Å²) in [5, 5.41) is 13.7. The monoisotopic (exact) mass is 507 g/mol. The van der Waals surface area contributed by atoms with Gasteiger partial charge in [0.25, 0.3) is 11.8 Å². The predicted octanol–water partition coefficient (Wildman–Crippen LogP) is 3.63. The van der Waals surface area contributed by atoms with Crippen LogP contribution in [0.25, 0.3) is 0 Å². The Kier molecular flexibility index (Phi) is 6.55. The maximum Gasteiger partial charge on any atom is 0.286 e. The van der Waals surface area contributed by atoms with Gasteiger partial charge in [0.05, 0.1) is 5.92 Å². The van der Waals surface area contributed by atoms with Crippen molar-refractivity contribution in [3.63, 3.8) is 0 Å². The van der Waals surface area contributed by atoms with Gasteiger partial charge in [-0.05, 0) is 62.1 Å². The maximum absolute atomic E-state index is 13.1. The number of aryl methyl sites for hydroxylation is 2. The van der Waals surface area contributed by atoms with Gasteiger partial charge in [-0.25, -0.2) is 0 Å². The third-order valence-corrected chi connectivity index (χ3v) is 6.91. The second kappa shape index (κ2) is 9.94. The van der Waals surface area contributed by atoms with E-state index in [1.165, 1.54) is 0 Å². The number of likely N-dealkylation sites (tertiary alicyclic amines) is 1. The average molecular weight is 508 g/mol. The van der Waals surface area contributed by atoms with Gasteiger partial charge < -0.3 is 25.0 Å². The predicted molar refractivity (Wildman–Crippen MR) is 134 cm³/mol. The first-order valence-corrected chi connectivity index (χ1v) is 12.4. The molecule has 0 aliphatic carbocycles. The van der Waals surface area contributed by atoms with Crippen LogP contribution in [0.1, 0.15) is 43.6 Å². The number of anilines is 2. The van der Waals surface area contributed by atoms with Crippen LogP contribution in [0.4, 0.5) is 11.4 Å². The number of nitrogens with one attached hydrogen (secondary N) is 2. The minimum atomic E-state index is -0.477. The number of carbonyl (C=O) groups is 3. The van der Waals surface area contributed by atoms with Crippen LogP contribution in [0.2, 0.25) is 0 Å². The Morgan fingerprint density at radius 3 is 2.50 bits per heavy atom. The zero-order valence-corrected chi connectivity index (χ0v) is 20.7. The van der Waals surface area contributed by atoms with E-state index >= 15 is 0 Å². The molecular formula is C25H25N5O5S.